The van der Waals surface area contributed by atoms with Crippen LogP contribution in [0.1, 0.15) is 0 Å². The molecule has 0 saturated carbocycles. The van der Waals surface area contributed by atoms with Gasteiger partial charge in [0.05, 0.1) is 0 Å². The molecular formula is C7H8NOS+. The molecule has 2 nitrogen and oxygen atoms in total. The monoisotopic (exact) mass is 154 g/mol. The minimum atomic E-state index is -0.119. The molecule has 0 saturated heterocycles. The maximum atomic E-state index is 10.5. The fourth-order valence-corrected chi connectivity index (χ4v) is 1.18. The molecule has 0 aromatic heterocycles. The number of quaternary nitrogens is 1. The lowest BCUT2D eigenvalue weighted by Crippen LogP contribution is -2.53. The predicted octanol–water partition coefficient (Wildman–Crippen LogP) is 1.14. The number of thioether (sulfide) groups is 1. The zero-order valence-corrected chi connectivity index (χ0v) is 6.23. The molecule has 0 fully saturated rings. The Morgan fingerprint density at radius 2 is 1.90 bits per heavy atom. The summed E-state index contributed by atoms with van der Waals surface area (Å²) in [6.45, 7) is 0. The molecule has 10 heavy (non-hydrogen) atoms. The van der Waals surface area contributed by atoms with E-state index < -0.39 is 0 Å². The number of amides is 1. The van der Waals surface area contributed by atoms with Crippen molar-refractivity contribution in [3.8, 4) is 0 Å². The number of benzene rings is 1. The summed E-state index contributed by atoms with van der Waals surface area (Å²) in [6, 6.07) is 9.47. The quantitative estimate of drug-likeness (QED) is 0.616. The third-order valence-electron chi connectivity index (χ3n) is 0.975. The Morgan fingerprint density at radius 3 is 2.40 bits per heavy atom. The van der Waals surface area contributed by atoms with Gasteiger partial charge < -0.3 is 0 Å². The summed E-state index contributed by atoms with van der Waals surface area (Å²) >= 11 is 1.15. The molecular weight excluding hydrogens is 146 g/mol. The van der Waals surface area contributed by atoms with Gasteiger partial charge in [-0.25, -0.2) is 4.79 Å². The second kappa shape index (κ2) is 3.39. The van der Waals surface area contributed by atoms with Crippen molar-refractivity contribution < 1.29 is 10.5 Å². The van der Waals surface area contributed by atoms with Crippen molar-refractivity contribution in [2.75, 3.05) is 0 Å². The van der Waals surface area contributed by atoms with Gasteiger partial charge in [-0.15, -0.1) is 0 Å². The van der Waals surface area contributed by atoms with Gasteiger partial charge in [-0.1, -0.05) is 18.2 Å². The van der Waals surface area contributed by atoms with Crippen LogP contribution in [0, 0.1) is 0 Å². The van der Waals surface area contributed by atoms with Gasteiger partial charge in [0.1, 0.15) is 0 Å². The number of carbonyl (C=O) groups excluding carboxylic acids is 1. The van der Waals surface area contributed by atoms with Crippen LogP contribution < -0.4 is 5.73 Å². The van der Waals surface area contributed by atoms with Crippen molar-refractivity contribution in [2.24, 2.45) is 0 Å². The second-order valence-corrected chi connectivity index (χ2v) is 2.92. The predicted molar refractivity (Wildman–Crippen MR) is 40.6 cm³/mol. The Morgan fingerprint density at radius 1 is 1.30 bits per heavy atom. The first-order valence-electron chi connectivity index (χ1n) is 2.88. The number of hydrogen-bond donors (Lipinski definition) is 1. The summed E-state index contributed by atoms with van der Waals surface area (Å²) in [5.41, 5.74) is 3.26. The Hall–Kier alpha value is -0.800. The highest BCUT2D eigenvalue weighted by atomic mass is 32.2. The van der Waals surface area contributed by atoms with Crippen LogP contribution >= 0.6 is 11.8 Å². The van der Waals surface area contributed by atoms with Crippen molar-refractivity contribution in [3.05, 3.63) is 30.3 Å². The molecule has 0 aliphatic rings. The summed E-state index contributed by atoms with van der Waals surface area (Å²) in [6.07, 6.45) is 0. The van der Waals surface area contributed by atoms with Gasteiger partial charge in [0.15, 0.2) is 0 Å². The Kier molecular flexibility index (Phi) is 2.48. The van der Waals surface area contributed by atoms with E-state index in [9.17, 15) is 4.79 Å². The summed E-state index contributed by atoms with van der Waals surface area (Å²) in [5.74, 6) is 0. The van der Waals surface area contributed by atoms with E-state index in [1.54, 1.807) is 0 Å². The maximum Gasteiger partial charge on any atom is 0.374 e. The van der Waals surface area contributed by atoms with E-state index in [-0.39, 0.29) is 5.24 Å². The summed E-state index contributed by atoms with van der Waals surface area (Å²) in [5, 5.41) is -0.119. The van der Waals surface area contributed by atoms with Crippen LogP contribution in [0.4, 0.5) is 4.79 Å². The van der Waals surface area contributed by atoms with E-state index >= 15 is 0 Å². The Bertz CT molecular complexity index is 222. The topological polar surface area (TPSA) is 44.7 Å². The minimum absolute atomic E-state index is 0.119. The van der Waals surface area contributed by atoms with Gasteiger partial charge in [0, 0.05) is 16.7 Å². The molecule has 0 radical (unpaired) electrons. The third-order valence-corrected chi connectivity index (χ3v) is 1.71. The van der Waals surface area contributed by atoms with E-state index in [0.29, 0.717) is 0 Å². The number of rotatable bonds is 1. The highest BCUT2D eigenvalue weighted by Crippen LogP contribution is 2.14. The van der Waals surface area contributed by atoms with Gasteiger partial charge in [-0.05, 0) is 12.1 Å². The molecule has 0 heterocycles. The van der Waals surface area contributed by atoms with Crippen LogP contribution in [0.3, 0.4) is 0 Å². The first kappa shape index (κ1) is 7.31. The van der Waals surface area contributed by atoms with E-state index in [2.05, 4.69) is 5.73 Å². The van der Waals surface area contributed by atoms with Gasteiger partial charge in [-0.3, -0.25) is 5.73 Å². The molecule has 52 valence electrons. The molecule has 3 heteroatoms. The lowest BCUT2D eigenvalue weighted by atomic mass is 10.4. The summed E-state index contributed by atoms with van der Waals surface area (Å²) in [7, 11) is 0. The zero-order chi connectivity index (χ0) is 7.40. The van der Waals surface area contributed by atoms with Crippen molar-refractivity contribution in [2.45, 2.75) is 4.90 Å². The molecule has 1 amide bonds. The highest BCUT2D eigenvalue weighted by molar-refractivity contribution is 8.13. The molecule has 1 aromatic carbocycles. The largest absolute Gasteiger partial charge is 0.374 e. The fraction of sp³-hybridized carbons (Fsp3) is 0. The first-order valence-corrected chi connectivity index (χ1v) is 3.69. The fourth-order valence-electron chi connectivity index (χ4n) is 0.620. The van der Waals surface area contributed by atoms with Gasteiger partial charge >= 0.3 is 5.24 Å². The molecule has 0 aliphatic heterocycles. The van der Waals surface area contributed by atoms with Gasteiger partial charge in [-0.2, -0.15) is 0 Å². The smallest absolute Gasteiger partial charge is 0.284 e. The molecule has 1 aromatic rings. The van der Waals surface area contributed by atoms with Crippen molar-refractivity contribution in [1.29, 1.82) is 0 Å². The Labute approximate surface area is 63.4 Å². The van der Waals surface area contributed by atoms with Crippen LogP contribution in [0.5, 0.6) is 0 Å². The van der Waals surface area contributed by atoms with Crippen LogP contribution in [0.15, 0.2) is 35.2 Å². The minimum Gasteiger partial charge on any atom is -0.284 e. The van der Waals surface area contributed by atoms with Gasteiger partial charge in [0.25, 0.3) is 0 Å². The van der Waals surface area contributed by atoms with Crippen molar-refractivity contribution in [3.63, 3.8) is 0 Å². The van der Waals surface area contributed by atoms with E-state index in [0.717, 1.165) is 16.7 Å². The average Bonchev–Trinajstić information content (AvgIpc) is 1.88. The van der Waals surface area contributed by atoms with Crippen LogP contribution in [-0.2, 0) is 0 Å². The molecule has 0 bridgehead atoms. The maximum absolute atomic E-state index is 10.5. The van der Waals surface area contributed by atoms with E-state index in [1.807, 2.05) is 30.3 Å². The second-order valence-electron chi connectivity index (χ2n) is 1.79. The average molecular weight is 154 g/mol. The Balaban J connectivity index is 2.67. The number of carbonyl (C=O) groups is 1. The molecule has 3 N–H and O–H groups in total. The SMILES string of the molecule is [NH3+]C(=O)Sc1ccccc1. The van der Waals surface area contributed by atoms with Gasteiger partial charge in [0.2, 0.25) is 0 Å². The molecule has 1 rings (SSSR count). The number of hydrogen-bond acceptors (Lipinski definition) is 2. The lowest BCUT2D eigenvalue weighted by molar-refractivity contribution is -0.232. The lowest BCUT2D eigenvalue weighted by Gasteiger charge is -1.90. The van der Waals surface area contributed by atoms with Crippen molar-refractivity contribution >= 4 is 17.0 Å². The van der Waals surface area contributed by atoms with Crippen LogP contribution in [0.2, 0.25) is 0 Å². The highest BCUT2D eigenvalue weighted by Gasteiger charge is 1.99. The third kappa shape index (κ3) is 2.21. The summed E-state index contributed by atoms with van der Waals surface area (Å²) in [4.78, 5) is 11.4. The molecule has 0 unspecified atom stereocenters. The molecule has 0 spiro atoms. The normalized spacial score (nSPS) is 9.30. The summed E-state index contributed by atoms with van der Waals surface area (Å²) < 4.78 is 0. The van der Waals surface area contributed by atoms with Crippen LogP contribution in [0.25, 0.3) is 0 Å². The zero-order valence-electron chi connectivity index (χ0n) is 5.41. The standard InChI is InChI=1S/C7H7NOS/c8-7(9)10-6-4-2-1-3-5-6/h1-5H,(H2,8,9)/p+1. The van der Waals surface area contributed by atoms with E-state index in [1.165, 1.54) is 0 Å². The van der Waals surface area contributed by atoms with E-state index in [4.69, 9.17) is 0 Å². The molecule has 0 aliphatic carbocycles. The first-order chi connectivity index (χ1) is 4.79. The van der Waals surface area contributed by atoms with Crippen molar-refractivity contribution in [1.82, 2.24) is 0 Å². The molecule has 0 atom stereocenters. The van der Waals surface area contributed by atoms with Crippen LogP contribution in [-0.4, -0.2) is 5.24 Å².